The van der Waals surface area contributed by atoms with E-state index < -0.39 is 0 Å². The lowest BCUT2D eigenvalue weighted by Crippen LogP contribution is -2.09. The van der Waals surface area contributed by atoms with E-state index in [9.17, 15) is 0 Å². The molecule has 0 aliphatic carbocycles. The van der Waals surface area contributed by atoms with Crippen LogP contribution in [0.3, 0.4) is 0 Å². The largest absolute Gasteiger partial charge is 0.323 e. The molecular formula is C12H18N6. The smallest absolute Gasteiger partial charge is 0.170 e. The number of hydrazine groups is 1. The molecule has 0 bridgehead atoms. The molecule has 0 saturated carbocycles. The van der Waals surface area contributed by atoms with E-state index in [-0.39, 0.29) is 0 Å². The molecule has 0 unspecified atom stereocenters. The minimum absolute atomic E-state index is 0.605. The number of nitrogens with zero attached hydrogens (tertiary/aromatic N) is 3. The van der Waals surface area contributed by atoms with Crippen LogP contribution in [0.15, 0.2) is 35.6 Å². The van der Waals surface area contributed by atoms with Gasteiger partial charge in [-0.2, -0.15) is 10.2 Å². The fraction of sp³-hybridized carbons (Fsp3) is 0.250. The van der Waals surface area contributed by atoms with Gasteiger partial charge in [0.2, 0.25) is 0 Å². The molecule has 5 N–H and O–H groups in total. The van der Waals surface area contributed by atoms with Crippen molar-refractivity contribution in [2.45, 2.75) is 20.3 Å². The summed E-state index contributed by atoms with van der Waals surface area (Å²) >= 11 is 0. The van der Waals surface area contributed by atoms with E-state index >= 15 is 0 Å². The molecule has 0 atom stereocenters. The first-order valence-electron chi connectivity index (χ1n) is 5.63. The van der Waals surface area contributed by atoms with Crippen LogP contribution in [0.5, 0.6) is 0 Å². The Hall–Kier alpha value is -2.21. The van der Waals surface area contributed by atoms with Crippen LogP contribution < -0.4 is 17.1 Å². The van der Waals surface area contributed by atoms with Crippen molar-refractivity contribution in [1.29, 1.82) is 0 Å². The van der Waals surface area contributed by atoms with Crippen molar-refractivity contribution in [3.05, 3.63) is 30.5 Å². The molecule has 0 spiro atoms. The molecule has 18 heavy (non-hydrogen) atoms. The van der Waals surface area contributed by atoms with Gasteiger partial charge in [0.15, 0.2) is 5.82 Å². The summed E-state index contributed by atoms with van der Waals surface area (Å²) in [5.41, 5.74) is 3.49. The van der Waals surface area contributed by atoms with Crippen molar-refractivity contribution in [2.75, 3.05) is 5.43 Å². The lowest BCUT2D eigenvalue weighted by atomic mass is 10.2. The number of nitrogen functional groups attached to an aromatic ring is 1. The van der Waals surface area contributed by atoms with Crippen molar-refractivity contribution >= 4 is 22.3 Å². The molecule has 0 radical (unpaired) electrons. The maximum absolute atomic E-state index is 5.26. The molecule has 0 amide bonds. The molecule has 1 aromatic carbocycles. The molecule has 6 nitrogen and oxygen atoms in total. The van der Waals surface area contributed by atoms with Crippen LogP contribution in [-0.4, -0.2) is 15.9 Å². The minimum atomic E-state index is 0.605. The zero-order chi connectivity index (χ0) is 13.4. The topological polar surface area (TPSA) is 102 Å². The highest BCUT2D eigenvalue weighted by Crippen LogP contribution is 2.17. The maximum Gasteiger partial charge on any atom is 0.170 e. The zero-order valence-electron chi connectivity index (χ0n) is 10.6. The first kappa shape index (κ1) is 13.9. The highest BCUT2D eigenvalue weighted by Gasteiger charge is 1.98. The van der Waals surface area contributed by atoms with Crippen LogP contribution in [-0.2, 0) is 0 Å². The van der Waals surface area contributed by atoms with E-state index in [1.165, 1.54) is 0 Å². The molecule has 1 aromatic heterocycles. The van der Waals surface area contributed by atoms with Gasteiger partial charge < -0.3 is 11.3 Å². The summed E-state index contributed by atoms with van der Waals surface area (Å²) in [6.07, 6.45) is 2.66. The number of hydrogen-bond acceptors (Lipinski definition) is 6. The molecule has 0 fully saturated rings. The minimum Gasteiger partial charge on any atom is -0.323 e. The van der Waals surface area contributed by atoms with E-state index in [0.29, 0.717) is 5.82 Å². The Labute approximate surface area is 106 Å². The van der Waals surface area contributed by atoms with Crippen molar-refractivity contribution in [3.8, 4) is 0 Å². The second kappa shape index (κ2) is 7.18. The van der Waals surface area contributed by atoms with Gasteiger partial charge in [0, 0.05) is 16.5 Å². The Balaban J connectivity index is 0.000000232. The fourth-order valence-electron chi connectivity index (χ4n) is 1.23. The van der Waals surface area contributed by atoms with E-state index in [0.717, 1.165) is 22.9 Å². The highest BCUT2D eigenvalue weighted by atomic mass is 15.3. The van der Waals surface area contributed by atoms with Gasteiger partial charge in [-0.25, -0.2) is 5.84 Å². The van der Waals surface area contributed by atoms with Crippen LogP contribution in [0.1, 0.15) is 20.3 Å². The summed E-state index contributed by atoms with van der Waals surface area (Å²) in [7, 11) is 0. The number of aromatic nitrogens is 2. The van der Waals surface area contributed by atoms with Crippen molar-refractivity contribution in [3.63, 3.8) is 0 Å². The third-order valence-corrected chi connectivity index (χ3v) is 2.44. The molecule has 96 valence electrons. The van der Waals surface area contributed by atoms with Gasteiger partial charge in [-0.3, -0.25) is 0 Å². The van der Waals surface area contributed by atoms with Crippen LogP contribution in [0.25, 0.3) is 10.8 Å². The van der Waals surface area contributed by atoms with E-state index in [2.05, 4.69) is 20.7 Å². The molecular weight excluding hydrogens is 228 g/mol. The highest BCUT2D eigenvalue weighted by molar-refractivity contribution is 5.90. The summed E-state index contributed by atoms with van der Waals surface area (Å²) in [6.45, 7) is 3.92. The van der Waals surface area contributed by atoms with Gasteiger partial charge in [-0.1, -0.05) is 31.2 Å². The van der Waals surface area contributed by atoms with Crippen LogP contribution in [0.2, 0.25) is 0 Å². The van der Waals surface area contributed by atoms with Crippen LogP contribution in [0, 0.1) is 0 Å². The second-order valence-electron chi connectivity index (χ2n) is 3.64. The number of rotatable bonds is 2. The fourth-order valence-corrected chi connectivity index (χ4v) is 1.23. The first-order chi connectivity index (χ1) is 8.72. The lowest BCUT2D eigenvalue weighted by molar-refractivity contribution is 1.04. The predicted octanol–water partition coefficient (Wildman–Crippen LogP) is 1.65. The standard InChI is InChI=1S/C8H8N4.C4H10N2/c9-11-8-7-4-2-1-3-6(7)5-10-12-8;1-3-4(2)6-5/h1-5H,9H2,(H,11,12);3,5H2,1-2H3. The predicted molar refractivity (Wildman–Crippen MR) is 74.9 cm³/mol. The Kier molecular flexibility index (Phi) is 5.53. The summed E-state index contributed by atoms with van der Waals surface area (Å²) < 4.78 is 0. The Morgan fingerprint density at radius 2 is 2.11 bits per heavy atom. The van der Waals surface area contributed by atoms with Gasteiger partial charge in [-0.05, 0) is 13.3 Å². The molecule has 0 saturated heterocycles. The molecule has 2 aromatic rings. The van der Waals surface area contributed by atoms with Gasteiger partial charge in [0.25, 0.3) is 0 Å². The first-order valence-corrected chi connectivity index (χ1v) is 5.63. The summed E-state index contributed by atoms with van der Waals surface area (Å²) in [6, 6.07) is 7.79. The summed E-state index contributed by atoms with van der Waals surface area (Å²) in [5.74, 6) is 10.7. The average molecular weight is 246 g/mol. The van der Waals surface area contributed by atoms with Crippen molar-refractivity contribution in [1.82, 2.24) is 10.2 Å². The summed E-state index contributed by atoms with van der Waals surface area (Å²) in [5, 5.41) is 13.1. The van der Waals surface area contributed by atoms with E-state index in [1.807, 2.05) is 38.1 Å². The molecule has 1 heterocycles. The van der Waals surface area contributed by atoms with Crippen molar-refractivity contribution < 1.29 is 0 Å². The van der Waals surface area contributed by atoms with Crippen molar-refractivity contribution in [2.24, 2.45) is 16.8 Å². The quantitative estimate of drug-likeness (QED) is 0.425. The number of hydrogen-bond donors (Lipinski definition) is 3. The third-order valence-electron chi connectivity index (χ3n) is 2.44. The van der Waals surface area contributed by atoms with Gasteiger partial charge in [0.05, 0.1) is 6.20 Å². The second-order valence-corrected chi connectivity index (χ2v) is 3.64. The zero-order valence-corrected chi connectivity index (χ0v) is 10.6. The normalized spacial score (nSPS) is 10.7. The molecule has 6 heteroatoms. The average Bonchev–Trinajstić information content (AvgIpc) is 2.46. The summed E-state index contributed by atoms with van der Waals surface area (Å²) in [4.78, 5) is 0. The molecule has 0 aliphatic rings. The number of nitrogens with two attached hydrogens (primary N) is 2. The number of anilines is 1. The SMILES string of the molecule is CCC(C)=NN.NNc1nncc2ccccc12. The van der Waals surface area contributed by atoms with E-state index in [1.54, 1.807) is 6.20 Å². The number of benzene rings is 1. The van der Waals surface area contributed by atoms with E-state index in [4.69, 9.17) is 11.7 Å². The third kappa shape index (κ3) is 3.67. The van der Waals surface area contributed by atoms with Crippen LogP contribution in [0.4, 0.5) is 5.82 Å². The molecule has 2 rings (SSSR count). The number of hydrazone groups is 1. The lowest BCUT2D eigenvalue weighted by Gasteiger charge is -2.01. The Bertz CT molecular complexity index is 517. The number of nitrogens with one attached hydrogen (secondary N) is 1. The Morgan fingerprint density at radius 1 is 1.39 bits per heavy atom. The maximum atomic E-state index is 5.26. The van der Waals surface area contributed by atoms with Crippen LogP contribution >= 0.6 is 0 Å². The monoisotopic (exact) mass is 246 g/mol. The van der Waals surface area contributed by atoms with Gasteiger partial charge in [-0.15, -0.1) is 5.10 Å². The molecule has 0 aliphatic heterocycles. The Morgan fingerprint density at radius 3 is 2.67 bits per heavy atom. The van der Waals surface area contributed by atoms with Gasteiger partial charge >= 0.3 is 0 Å². The van der Waals surface area contributed by atoms with Gasteiger partial charge in [0.1, 0.15) is 0 Å². The number of fused-ring (bicyclic) bond motifs is 1.